The van der Waals surface area contributed by atoms with Gasteiger partial charge in [-0.1, -0.05) is 6.92 Å². The molecule has 1 aromatic heterocycles. The van der Waals surface area contributed by atoms with Crippen LogP contribution in [0, 0.1) is 0 Å². The Kier molecular flexibility index (Phi) is 4.40. The Balaban J connectivity index is 2.59. The van der Waals surface area contributed by atoms with Crippen LogP contribution in [0.1, 0.15) is 18.9 Å². The minimum atomic E-state index is 0.728. The number of ether oxygens (including phenoxy) is 1. The van der Waals surface area contributed by atoms with Gasteiger partial charge in [-0.15, -0.1) is 0 Å². The third-order valence-corrected chi connectivity index (χ3v) is 1.75. The Morgan fingerprint density at radius 2 is 2.21 bits per heavy atom. The fraction of sp³-hybridized carbons (Fsp3) is 0.545. The lowest BCUT2D eigenvalue weighted by atomic mass is 10.2. The molecule has 78 valence electrons. The van der Waals surface area contributed by atoms with Gasteiger partial charge in [0.05, 0.1) is 6.61 Å². The summed E-state index contributed by atoms with van der Waals surface area (Å²) in [5.74, 6) is 0.728. The monoisotopic (exact) mass is 194 g/mol. The molecule has 0 bridgehead atoms. The van der Waals surface area contributed by atoms with E-state index in [1.807, 2.05) is 26.2 Å². The van der Waals surface area contributed by atoms with Crippen molar-refractivity contribution in [1.29, 1.82) is 0 Å². The maximum atomic E-state index is 5.45. The summed E-state index contributed by atoms with van der Waals surface area (Å²) < 4.78 is 5.45. The number of aromatic nitrogens is 1. The molecule has 1 aromatic rings. The molecule has 0 aliphatic carbocycles. The normalized spacial score (nSPS) is 10.6. The van der Waals surface area contributed by atoms with Gasteiger partial charge in [0.1, 0.15) is 0 Å². The zero-order valence-corrected chi connectivity index (χ0v) is 9.16. The molecule has 0 fully saturated rings. The Bertz CT molecular complexity index is 274. The van der Waals surface area contributed by atoms with Crippen LogP contribution in [0.25, 0.3) is 0 Å². The van der Waals surface area contributed by atoms with Crippen LogP contribution in [0.3, 0.4) is 0 Å². The van der Waals surface area contributed by atoms with Crippen LogP contribution in [-0.4, -0.2) is 30.6 Å². The number of pyridine rings is 1. The fourth-order valence-corrected chi connectivity index (χ4v) is 1.20. The molecule has 0 saturated carbocycles. The lowest BCUT2D eigenvalue weighted by molar-refractivity contribution is 0.304. The van der Waals surface area contributed by atoms with E-state index in [9.17, 15) is 0 Å². The first-order valence-electron chi connectivity index (χ1n) is 4.95. The maximum Gasteiger partial charge on any atom is 0.213 e. The first-order chi connectivity index (χ1) is 6.72. The largest absolute Gasteiger partial charge is 0.478 e. The molecule has 0 aliphatic heterocycles. The molecule has 0 aliphatic rings. The predicted molar refractivity (Wildman–Crippen MR) is 57.4 cm³/mol. The molecule has 0 saturated heterocycles. The zero-order valence-electron chi connectivity index (χ0n) is 9.16. The van der Waals surface area contributed by atoms with Crippen LogP contribution < -0.4 is 4.74 Å². The van der Waals surface area contributed by atoms with Crippen molar-refractivity contribution in [3.63, 3.8) is 0 Å². The van der Waals surface area contributed by atoms with Crippen molar-refractivity contribution in [3.8, 4) is 5.88 Å². The van der Waals surface area contributed by atoms with E-state index >= 15 is 0 Å². The molecule has 0 aromatic carbocycles. The molecule has 3 nitrogen and oxygen atoms in total. The molecule has 3 heteroatoms. The third kappa shape index (κ3) is 3.75. The van der Waals surface area contributed by atoms with Gasteiger partial charge in [0.2, 0.25) is 5.88 Å². The first-order valence-corrected chi connectivity index (χ1v) is 4.95. The topological polar surface area (TPSA) is 25.4 Å². The average molecular weight is 194 g/mol. The Hall–Kier alpha value is -1.09. The predicted octanol–water partition coefficient (Wildman–Crippen LogP) is 1.93. The zero-order chi connectivity index (χ0) is 10.4. The highest BCUT2D eigenvalue weighted by molar-refractivity contribution is 5.20. The molecule has 0 unspecified atom stereocenters. The summed E-state index contributed by atoms with van der Waals surface area (Å²) in [6, 6.07) is 4.01. The number of nitrogens with zero attached hydrogens (tertiary/aromatic N) is 2. The lowest BCUT2D eigenvalue weighted by Crippen LogP contribution is -2.10. The summed E-state index contributed by atoms with van der Waals surface area (Å²) in [6.45, 7) is 3.74. The highest BCUT2D eigenvalue weighted by Gasteiger charge is 1.98. The van der Waals surface area contributed by atoms with Crippen LogP contribution in [0.5, 0.6) is 5.88 Å². The van der Waals surface area contributed by atoms with Crippen LogP contribution in [-0.2, 0) is 6.54 Å². The van der Waals surface area contributed by atoms with E-state index in [0.29, 0.717) is 0 Å². The van der Waals surface area contributed by atoms with Crippen molar-refractivity contribution in [2.45, 2.75) is 19.9 Å². The molecule has 14 heavy (non-hydrogen) atoms. The van der Waals surface area contributed by atoms with Gasteiger partial charge in [0.25, 0.3) is 0 Å². The van der Waals surface area contributed by atoms with Gasteiger partial charge in [-0.3, -0.25) is 0 Å². The standard InChI is InChI=1S/C11H18N2O/c1-4-7-14-11-8-10(5-6-12-11)9-13(2)3/h5-6,8H,4,7,9H2,1-3H3. The molecule has 0 amide bonds. The summed E-state index contributed by atoms with van der Waals surface area (Å²) in [5, 5.41) is 0. The quantitative estimate of drug-likeness (QED) is 0.716. The Morgan fingerprint density at radius 1 is 1.43 bits per heavy atom. The molecule has 0 atom stereocenters. The van der Waals surface area contributed by atoms with Gasteiger partial charge in [-0.05, 0) is 32.1 Å². The number of hydrogen-bond acceptors (Lipinski definition) is 3. The summed E-state index contributed by atoms with van der Waals surface area (Å²) in [7, 11) is 4.10. The molecule has 0 spiro atoms. The van der Waals surface area contributed by atoms with Gasteiger partial charge in [0, 0.05) is 18.8 Å². The first kappa shape index (κ1) is 11.0. The summed E-state index contributed by atoms with van der Waals surface area (Å²) in [6.07, 6.45) is 2.81. The summed E-state index contributed by atoms with van der Waals surface area (Å²) >= 11 is 0. The lowest BCUT2D eigenvalue weighted by Gasteiger charge is -2.10. The molecular weight excluding hydrogens is 176 g/mol. The van der Waals surface area contributed by atoms with Crippen molar-refractivity contribution >= 4 is 0 Å². The van der Waals surface area contributed by atoms with Crippen molar-refractivity contribution in [2.75, 3.05) is 20.7 Å². The Labute approximate surface area is 85.7 Å². The van der Waals surface area contributed by atoms with E-state index in [-0.39, 0.29) is 0 Å². The maximum absolute atomic E-state index is 5.45. The summed E-state index contributed by atoms with van der Waals surface area (Å²) in [5.41, 5.74) is 1.23. The second kappa shape index (κ2) is 5.60. The SMILES string of the molecule is CCCOc1cc(CN(C)C)ccn1. The van der Waals surface area contributed by atoms with Gasteiger partial charge < -0.3 is 9.64 Å². The van der Waals surface area contributed by atoms with E-state index < -0.39 is 0 Å². The van der Waals surface area contributed by atoms with Gasteiger partial charge in [-0.25, -0.2) is 4.98 Å². The van der Waals surface area contributed by atoms with Gasteiger partial charge >= 0.3 is 0 Å². The van der Waals surface area contributed by atoms with Crippen LogP contribution in [0.4, 0.5) is 0 Å². The second-order valence-electron chi connectivity index (χ2n) is 3.59. The number of hydrogen-bond donors (Lipinski definition) is 0. The highest BCUT2D eigenvalue weighted by Crippen LogP contribution is 2.10. The molecule has 0 radical (unpaired) electrons. The minimum absolute atomic E-state index is 0.728. The van der Waals surface area contributed by atoms with E-state index in [4.69, 9.17) is 4.74 Å². The van der Waals surface area contributed by atoms with Crippen LogP contribution in [0.15, 0.2) is 18.3 Å². The Morgan fingerprint density at radius 3 is 2.86 bits per heavy atom. The molecule has 1 rings (SSSR count). The molecular formula is C11H18N2O. The smallest absolute Gasteiger partial charge is 0.213 e. The van der Waals surface area contributed by atoms with Crippen LogP contribution >= 0.6 is 0 Å². The summed E-state index contributed by atoms with van der Waals surface area (Å²) in [4.78, 5) is 6.27. The van der Waals surface area contributed by atoms with E-state index in [1.54, 1.807) is 6.20 Å². The van der Waals surface area contributed by atoms with Crippen molar-refractivity contribution in [2.24, 2.45) is 0 Å². The van der Waals surface area contributed by atoms with Gasteiger partial charge in [0.15, 0.2) is 0 Å². The molecule has 0 N–H and O–H groups in total. The van der Waals surface area contributed by atoms with E-state index in [2.05, 4.69) is 16.8 Å². The van der Waals surface area contributed by atoms with E-state index in [1.165, 1.54) is 5.56 Å². The van der Waals surface area contributed by atoms with Crippen molar-refractivity contribution in [1.82, 2.24) is 9.88 Å². The average Bonchev–Trinajstić information content (AvgIpc) is 2.14. The minimum Gasteiger partial charge on any atom is -0.478 e. The van der Waals surface area contributed by atoms with Crippen LogP contribution in [0.2, 0.25) is 0 Å². The fourth-order valence-electron chi connectivity index (χ4n) is 1.20. The second-order valence-corrected chi connectivity index (χ2v) is 3.59. The van der Waals surface area contributed by atoms with Gasteiger partial charge in [-0.2, -0.15) is 0 Å². The third-order valence-electron chi connectivity index (χ3n) is 1.75. The molecule has 1 heterocycles. The van der Waals surface area contributed by atoms with Crippen molar-refractivity contribution < 1.29 is 4.74 Å². The highest BCUT2D eigenvalue weighted by atomic mass is 16.5. The van der Waals surface area contributed by atoms with Crippen molar-refractivity contribution in [3.05, 3.63) is 23.9 Å². The van der Waals surface area contributed by atoms with E-state index in [0.717, 1.165) is 25.5 Å². The number of rotatable bonds is 5.